The van der Waals surface area contributed by atoms with Gasteiger partial charge in [0, 0.05) is 0 Å². The summed E-state index contributed by atoms with van der Waals surface area (Å²) < 4.78 is 11.3. The van der Waals surface area contributed by atoms with Crippen molar-refractivity contribution in [1.29, 1.82) is 0 Å². The second kappa shape index (κ2) is 10.6. The van der Waals surface area contributed by atoms with Crippen molar-refractivity contribution < 1.29 is 9.47 Å². The second-order valence-electron chi connectivity index (χ2n) is 7.22. The van der Waals surface area contributed by atoms with Crippen LogP contribution in [0.5, 0.6) is 5.75 Å². The molecule has 1 heterocycles. The zero-order valence-electron chi connectivity index (χ0n) is 15.6. The number of epoxide rings is 1. The molecular weight excluding hydrogens is 296 g/mol. The monoisotopic (exact) mass is 330 g/mol. The number of benzene rings is 1. The van der Waals surface area contributed by atoms with Gasteiger partial charge in [-0.15, -0.1) is 0 Å². The van der Waals surface area contributed by atoms with Gasteiger partial charge in [0.25, 0.3) is 0 Å². The Kier molecular flexibility index (Phi) is 8.38. The molecule has 2 rings (SSSR count). The van der Waals surface area contributed by atoms with Gasteiger partial charge in [0.2, 0.25) is 0 Å². The number of ether oxygens (including phenoxy) is 2. The number of hydrogen-bond donors (Lipinski definition) is 0. The predicted molar refractivity (Wildman–Crippen MR) is 102 cm³/mol. The fraction of sp³-hybridized carbons (Fsp3) is 0.636. The Morgan fingerprint density at radius 2 is 1.75 bits per heavy atom. The van der Waals surface area contributed by atoms with Crippen LogP contribution in [0.2, 0.25) is 0 Å². The molecule has 0 spiro atoms. The van der Waals surface area contributed by atoms with Crippen molar-refractivity contribution >= 4 is 0 Å². The van der Waals surface area contributed by atoms with E-state index >= 15 is 0 Å². The molecule has 0 radical (unpaired) electrons. The third-order valence-corrected chi connectivity index (χ3v) is 4.62. The highest BCUT2D eigenvalue weighted by Crippen LogP contribution is 2.28. The molecule has 0 aliphatic carbocycles. The second-order valence-corrected chi connectivity index (χ2v) is 7.22. The average molecular weight is 331 g/mol. The average Bonchev–Trinajstić information content (AvgIpc) is 3.33. The molecule has 2 nitrogen and oxygen atoms in total. The van der Waals surface area contributed by atoms with Gasteiger partial charge in [-0.1, -0.05) is 75.8 Å². The molecule has 1 fully saturated rings. The van der Waals surface area contributed by atoms with Gasteiger partial charge in [-0.25, -0.2) is 0 Å². The van der Waals surface area contributed by atoms with E-state index in [0.717, 1.165) is 18.8 Å². The molecule has 1 unspecified atom stereocenters. The molecule has 0 N–H and O–H groups in total. The normalized spacial score (nSPS) is 19.8. The Morgan fingerprint density at radius 3 is 2.50 bits per heavy atom. The van der Waals surface area contributed by atoms with Gasteiger partial charge in [0.1, 0.15) is 18.0 Å². The first-order valence-corrected chi connectivity index (χ1v) is 9.73. The summed E-state index contributed by atoms with van der Waals surface area (Å²) in [6.07, 6.45) is 16.4. The number of unbranched alkanes of at least 4 members (excludes halogenated alkanes) is 7. The summed E-state index contributed by atoms with van der Waals surface area (Å²) in [5, 5.41) is 0. The molecule has 1 aromatic rings. The maximum atomic E-state index is 5.95. The van der Waals surface area contributed by atoms with Gasteiger partial charge in [-0.3, -0.25) is 0 Å². The molecule has 1 saturated heterocycles. The van der Waals surface area contributed by atoms with Crippen LogP contribution in [-0.4, -0.2) is 18.8 Å². The van der Waals surface area contributed by atoms with Crippen molar-refractivity contribution in [1.82, 2.24) is 0 Å². The fourth-order valence-corrected chi connectivity index (χ4v) is 2.80. The summed E-state index contributed by atoms with van der Waals surface area (Å²) in [6, 6.07) is 8.34. The van der Waals surface area contributed by atoms with Crippen molar-refractivity contribution in [2.45, 2.75) is 77.2 Å². The van der Waals surface area contributed by atoms with Crippen LogP contribution in [0.25, 0.3) is 0 Å². The standard InChI is InChI=1S/C22H34O2/c1-3-4-5-6-7-8-9-10-11-12-15-20-16-13-14-17-21(20)23-18-22(2)19-24-22/h11-14,16-17H,3-10,15,18-19H2,1-2H3/b12-11+. The van der Waals surface area contributed by atoms with Crippen molar-refractivity contribution in [2.75, 3.05) is 13.2 Å². The van der Waals surface area contributed by atoms with Crippen LogP contribution in [-0.2, 0) is 11.2 Å². The first-order chi connectivity index (χ1) is 11.7. The number of rotatable bonds is 13. The Balaban J connectivity index is 1.61. The Bertz CT molecular complexity index is 488. The SMILES string of the molecule is CCCCCCCCC/C=C/Cc1ccccc1OCC1(C)CO1. The summed E-state index contributed by atoms with van der Waals surface area (Å²) in [6.45, 7) is 5.82. The van der Waals surface area contributed by atoms with E-state index in [1.807, 2.05) is 6.07 Å². The van der Waals surface area contributed by atoms with Crippen LogP contribution in [0.15, 0.2) is 36.4 Å². The molecule has 1 aliphatic rings. The molecule has 0 aromatic heterocycles. The van der Waals surface area contributed by atoms with E-state index in [4.69, 9.17) is 9.47 Å². The highest BCUT2D eigenvalue weighted by atomic mass is 16.6. The van der Waals surface area contributed by atoms with E-state index in [1.54, 1.807) is 0 Å². The van der Waals surface area contributed by atoms with E-state index in [1.165, 1.54) is 56.9 Å². The maximum absolute atomic E-state index is 5.95. The Labute approximate surface area is 148 Å². The van der Waals surface area contributed by atoms with Crippen LogP contribution < -0.4 is 4.74 Å². The minimum Gasteiger partial charge on any atom is -0.490 e. The molecule has 134 valence electrons. The molecule has 0 saturated carbocycles. The first-order valence-electron chi connectivity index (χ1n) is 9.73. The van der Waals surface area contributed by atoms with E-state index in [9.17, 15) is 0 Å². The van der Waals surface area contributed by atoms with Gasteiger partial charge in [0.05, 0.1) is 6.61 Å². The number of hydrogen-bond acceptors (Lipinski definition) is 2. The van der Waals surface area contributed by atoms with E-state index in [2.05, 4.69) is 44.2 Å². The summed E-state index contributed by atoms with van der Waals surface area (Å²) in [4.78, 5) is 0. The lowest BCUT2D eigenvalue weighted by atomic mass is 10.1. The van der Waals surface area contributed by atoms with Crippen LogP contribution in [0, 0.1) is 0 Å². The molecule has 2 heteroatoms. The Hall–Kier alpha value is -1.28. The molecule has 1 aliphatic heterocycles. The fourth-order valence-electron chi connectivity index (χ4n) is 2.80. The van der Waals surface area contributed by atoms with Crippen LogP contribution >= 0.6 is 0 Å². The highest BCUT2D eigenvalue weighted by Gasteiger charge is 2.40. The quantitative estimate of drug-likeness (QED) is 0.248. The number of para-hydroxylation sites is 1. The molecule has 24 heavy (non-hydrogen) atoms. The largest absolute Gasteiger partial charge is 0.490 e. The molecule has 0 bridgehead atoms. The van der Waals surface area contributed by atoms with Gasteiger partial charge < -0.3 is 9.47 Å². The molecular formula is C22H34O2. The minimum atomic E-state index is -0.0555. The van der Waals surface area contributed by atoms with Crippen LogP contribution in [0.4, 0.5) is 0 Å². The van der Waals surface area contributed by atoms with Crippen molar-refractivity contribution in [3.05, 3.63) is 42.0 Å². The minimum absolute atomic E-state index is 0.0555. The smallest absolute Gasteiger partial charge is 0.123 e. The zero-order chi connectivity index (χ0) is 17.1. The molecule has 1 aromatic carbocycles. The number of allylic oxidation sites excluding steroid dienone is 2. The van der Waals surface area contributed by atoms with Crippen molar-refractivity contribution in [2.24, 2.45) is 0 Å². The highest BCUT2D eigenvalue weighted by molar-refractivity contribution is 5.35. The summed E-state index contributed by atoms with van der Waals surface area (Å²) in [5.74, 6) is 0.995. The van der Waals surface area contributed by atoms with Gasteiger partial charge in [0.15, 0.2) is 0 Å². The van der Waals surface area contributed by atoms with Crippen molar-refractivity contribution in [3.8, 4) is 5.75 Å². The zero-order valence-corrected chi connectivity index (χ0v) is 15.6. The molecule has 1 atom stereocenters. The summed E-state index contributed by atoms with van der Waals surface area (Å²) in [7, 11) is 0. The topological polar surface area (TPSA) is 21.8 Å². The summed E-state index contributed by atoms with van der Waals surface area (Å²) in [5.41, 5.74) is 1.21. The van der Waals surface area contributed by atoms with Gasteiger partial charge >= 0.3 is 0 Å². The lowest BCUT2D eigenvalue weighted by molar-refractivity contribution is 0.201. The van der Waals surface area contributed by atoms with Gasteiger partial charge in [-0.2, -0.15) is 0 Å². The van der Waals surface area contributed by atoms with E-state index in [-0.39, 0.29) is 5.60 Å². The third-order valence-electron chi connectivity index (χ3n) is 4.62. The lowest BCUT2D eigenvalue weighted by Crippen LogP contribution is -2.17. The lowest BCUT2D eigenvalue weighted by Gasteiger charge is -2.12. The van der Waals surface area contributed by atoms with Crippen molar-refractivity contribution in [3.63, 3.8) is 0 Å². The third kappa shape index (κ3) is 7.53. The van der Waals surface area contributed by atoms with Crippen LogP contribution in [0.3, 0.4) is 0 Å². The Morgan fingerprint density at radius 1 is 1.04 bits per heavy atom. The van der Waals surface area contributed by atoms with Crippen LogP contribution in [0.1, 0.15) is 70.8 Å². The predicted octanol–water partition coefficient (Wildman–Crippen LogP) is 6.09. The maximum Gasteiger partial charge on any atom is 0.123 e. The summed E-state index contributed by atoms with van der Waals surface area (Å²) >= 11 is 0. The van der Waals surface area contributed by atoms with Gasteiger partial charge in [-0.05, 0) is 37.8 Å². The molecule has 0 amide bonds. The van der Waals surface area contributed by atoms with E-state index in [0.29, 0.717) is 6.61 Å². The first kappa shape index (κ1) is 19.1. The van der Waals surface area contributed by atoms with E-state index < -0.39 is 0 Å².